The first-order valence-corrected chi connectivity index (χ1v) is 4.43. The van der Waals surface area contributed by atoms with Gasteiger partial charge in [-0.2, -0.15) is 0 Å². The molecule has 1 aromatic carbocycles. The van der Waals surface area contributed by atoms with Gasteiger partial charge >= 0.3 is 6.03 Å². The smallest absolute Gasteiger partial charge is 0.315 e. The number of hydrogen-bond donors (Lipinski definition) is 2. The van der Waals surface area contributed by atoms with Crippen LogP contribution in [0.5, 0.6) is 0 Å². The van der Waals surface area contributed by atoms with Gasteiger partial charge in [0.15, 0.2) is 0 Å². The van der Waals surface area contributed by atoms with Crippen LogP contribution >= 0.6 is 11.6 Å². The largest absolute Gasteiger partial charge is 0.336 e. The molecule has 0 aromatic heterocycles. The summed E-state index contributed by atoms with van der Waals surface area (Å²) >= 11 is 5.74. The molecular formula is C9H9ClN2O. The van der Waals surface area contributed by atoms with Gasteiger partial charge in [-0.15, -0.1) is 0 Å². The molecule has 1 saturated heterocycles. The van der Waals surface area contributed by atoms with E-state index in [9.17, 15) is 4.79 Å². The zero-order valence-corrected chi connectivity index (χ0v) is 7.64. The molecule has 68 valence electrons. The number of rotatable bonds is 1. The first kappa shape index (κ1) is 8.38. The van der Waals surface area contributed by atoms with Crippen molar-refractivity contribution in [3.05, 3.63) is 34.9 Å². The molecule has 0 spiro atoms. The standard InChI is InChI=1S/C9H9ClN2O/c10-7-3-1-6(2-4-7)8-5-11-9(13)12-8/h1-4,8H,5H2,(H2,11,12,13)/t8-/m1/s1. The van der Waals surface area contributed by atoms with E-state index >= 15 is 0 Å². The number of halogens is 1. The zero-order chi connectivity index (χ0) is 9.26. The van der Waals surface area contributed by atoms with E-state index < -0.39 is 0 Å². The summed E-state index contributed by atoms with van der Waals surface area (Å²) in [5, 5.41) is 6.21. The lowest BCUT2D eigenvalue weighted by Gasteiger charge is -2.07. The minimum atomic E-state index is -0.111. The van der Waals surface area contributed by atoms with Crippen molar-refractivity contribution in [1.29, 1.82) is 0 Å². The number of amides is 2. The van der Waals surface area contributed by atoms with E-state index in [1.165, 1.54) is 0 Å². The van der Waals surface area contributed by atoms with Crippen molar-refractivity contribution in [2.24, 2.45) is 0 Å². The van der Waals surface area contributed by atoms with Crippen molar-refractivity contribution in [2.75, 3.05) is 6.54 Å². The van der Waals surface area contributed by atoms with Crippen molar-refractivity contribution < 1.29 is 4.79 Å². The molecule has 13 heavy (non-hydrogen) atoms. The molecule has 0 saturated carbocycles. The molecule has 1 atom stereocenters. The Morgan fingerprint density at radius 1 is 1.31 bits per heavy atom. The number of urea groups is 1. The molecule has 1 fully saturated rings. The molecule has 0 bridgehead atoms. The molecular weight excluding hydrogens is 188 g/mol. The lowest BCUT2D eigenvalue weighted by Crippen LogP contribution is -2.21. The topological polar surface area (TPSA) is 41.1 Å². The molecule has 1 aromatic rings. The summed E-state index contributed by atoms with van der Waals surface area (Å²) in [6.07, 6.45) is 0. The van der Waals surface area contributed by atoms with Crippen molar-refractivity contribution in [2.45, 2.75) is 6.04 Å². The number of hydrogen-bond acceptors (Lipinski definition) is 1. The van der Waals surface area contributed by atoms with E-state index in [0.29, 0.717) is 11.6 Å². The van der Waals surface area contributed by atoms with Crippen LogP contribution in [0.1, 0.15) is 11.6 Å². The average molecular weight is 197 g/mol. The molecule has 1 aliphatic heterocycles. The fourth-order valence-electron chi connectivity index (χ4n) is 1.35. The quantitative estimate of drug-likeness (QED) is 0.705. The lowest BCUT2D eigenvalue weighted by molar-refractivity contribution is 0.247. The molecule has 2 rings (SSSR count). The number of benzene rings is 1. The Kier molecular flexibility index (Phi) is 2.10. The predicted molar refractivity (Wildman–Crippen MR) is 50.7 cm³/mol. The molecule has 4 heteroatoms. The van der Waals surface area contributed by atoms with Gasteiger partial charge in [0.25, 0.3) is 0 Å². The van der Waals surface area contributed by atoms with Crippen LogP contribution < -0.4 is 10.6 Å². The summed E-state index contributed by atoms with van der Waals surface area (Å²) in [5.41, 5.74) is 1.07. The molecule has 0 unspecified atom stereocenters. The maximum absolute atomic E-state index is 10.8. The molecule has 0 aliphatic carbocycles. The van der Waals surface area contributed by atoms with Gasteiger partial charge in [0.2, 0.25) is 0 Å². The van der Waals surface area contributed by atoms with Crippen LogP contribution in [-0.4, -0.2) is 12.6 Å². The minimum absolute atomic E-state index is 0.0739. The highest BCUT2D eigenvalue weighted by Crippen LogP contribution is 2.17. The van der Waals surface area contributed by atoms with Gasteiger partial charge in [-0.3, -0.25) is 0 Å². The normalized spacial score (nSPS) is 21.0. The summed E-state index contributed by atoms with van der Waals surface area (Å²) in [4.78, 5) is 10.8. The Bertz CT molecular complexity index is 323. The highest BCUT2D eigenvalue weighted by molar-refractivity contribution is 6.30. The van der Waals surface area contributed by atoms with Gasteiger partial charge in [-0.25, -0.2) is 4.79 Å². The van der Waals surface area contributed by atoms with Gasteiger partial charge in [0.05, 0.1) is 6.04 Å². The Morgan fingerprint density at radius 3 is 2.54 bits per heavy atom. The first-order valence-electron chi connectivity index (χ1n) is 4.05. The van der Waals surface area contributed by atoms with Gasteiger partial charge in [0.1, 0.15) is 0 Å². The molecule has 3 nitrogen and oxygen atoms in total. The maximum Gasteiger partial charge on any atom is 0.315 e. The Balaban J connectivity index is 2.17. The van der Waals surface area contributed by atoms with Crippen LogP contribution in [0.25, 0.3) is 0 Å². The zero-order valence-electron chi connectivity index (χ0n) is 6.88. The average Bonchev–Trinajstić information content (AvgIpc) is 2.53. The van der Waals surface area contributed by atoms with Gasteiger partial charge in [0, 0.05) is 11.6 Å². The van der Waals surface area contributed by atoms with E-state index in [1.807, 2.05) is 24.3 Å². The van der Waals surface area contributed by atoms with Crippen LogP contribution in [0.3, 0.4) is 0 Å². The molecule has 2 N–H and O–H groups in total. The molecule has 1 aliphatic rings. The number of carbonyl (C=O) groups excluding carboxylic acids is 1. The minimum Gasteiger partial charge on any atom is -0.336 e. The SMILES string of the molecule is O=C1NC[C@H](c2ccc(Cl)cc2)N1. The molecule has 0 radical (unpaired) electrons. The van der Waals surface area contributed by atoms with Gasteiger partial charge in [-0.1, -0.05) is 23.7 Å². The first-order chi connectivity index (χ1) is 6.25. The van der Waals surface area contributed by atoms with E-state index in [0.717, 1.165) is 5.56 Å². The van der Waals surface area contributed by atoms with Crippen molar-refractivity contribution in [3.63, 3.8) is 0 Å². The van der Waals surface area contributed by atoms with Crippen LogP contribution in [0.15, 0.2) is 24.3 Å². The summed E-state index contributed by atoms with van der Waals surface area (Å²) in [7, 11) is 0. The second-order valence-electron chi connectivity index (χ2n) is 2.96. The second-order valence-corrected chi connectivity index (χ2v) is 3.39. The summed E-state index contributed by atoms with van der Waals surface area (Å²) < 4.78 is 0. The monoisotopic (exact) mass is 196 g/mol. The Morgan fingerprint density at radius 2 is 2.00 bits per heavy atom. The molecule has 2 amide bonds. The van der Waals surface area contributed by atoms with Crippen molar-refractivity contribution >= 4 is 17.6 Å². The predicted octanol–water partition coefficient (Wildman–Crippen LogP) is 1.69. The summed E-state index contributed by atoms with van der Waals surface area (Å²) in [6.45, 7) is 0.639. The number of nitrogens with one attached hydrogen (secondary N) is 2. The van der Waals surface area contributed by atoms with E-state index in [1.54, 1.807) is 0 Å². The van der Waals surface area contributed by atoms with Gasteiger partial charge in [-0.05, 0) is 17.7 Å². The lowest BCUT2D eigenvalue weighted by atomic mass is 10.1. The third kappa shape index (κ3) is 1.75. The Labute approximate surface area is 81.1 Å². The van der Waals surface area contributed by atoms with Crippen LogP contribution in [0.2, 0.25) is 5.02 Å². The van der Waals surface area contributed by atoms with Crippen molar-refractivity contribution in [1.82, 2.24) is 10.6 Å². The highest BCUT2D eigenvalue weighted by atomic mass is 35.5. The fraction of sp³-hybridized carbons (Fsp3) is 0.222. The van der Waals surface area contributed by atoms with E-state index in [-0.39, 0.29) is 12.1 Å². The van der Waals surface area contributed by atoms with E-state index in [2.05, 4.69) is 10.6 Å². The van der Waals surface area contributed by atoms with E-state index in [4.69, 9.17) is 11.6 Å². The van der Waals surface area contributed by atoms with Gasteiger partial charge < -0.3 is 10.6 Å². The molecule has 1 heterocycles. The van der Waals surface area contributed by atoms with Crippen LogP contribution in [0.4, 0.5) is 4.79 Å². The second kappa shape index (κ2) is 3.26. The van der Waals surface area contributed by atoms with Crippen LogP contribution in [-0.2, 0) is 0 Å². The summed E-state index contributed by atoms with van der Waals surface area (Å²) in [6, 6.07) is 7.44. The third-order valence-corrected chi connectivity index (χ3v) is 2.30. The summed E-state index contributed by atoms with van der Waals surface area (Å²) in [5.74, 6) is 0. The Hall–Kier alpha value is -1.22. The van der Waals surface area contributed by atoms with Crippen LogP contribution in [0, 0.1) is 0 Å². The fourth-order valence-corrected chi connectivity index (χ4v) is 1.48. The van der Waals surface area contributed by atoms with Crippen molar-refractivity contribution in [3.8, 4) is 0 Å². The maximum atomic E-state index is 10.8. The third-order valence-electron chi connectivity index (χ3n) is 2.04. The number of carbonyl (C=O) groups is 1. The highest BCUT2D eigenvalue weighted by Gasteiger charge is 2.20.